The van der Waals surface area contributed by atoms with Crippen molar-refractivity contribution in [2.75, 3.05) is 21.3 Å². The molecule has 6 nitrogen and oxygen atoms in total. The molecule has 0 saturated heterocycles. The molecule has 0 bridgehead atoms. The molecule has 0 amide bonds. The Labute approximate surface area is 371 Å². The average Bonchev–Trinajstić information content (AvgIpc) is 3.33. The lowest BCUT2D eigenvalue weighted by Gasteiger charge is -1.92. The number of carbonyl (C=O) groups is 3. The molecule has 0 fully saturated rings. The summed E-state index contributed by atoms with van der Waals surface area (Å²) in [6.07, 6.45) is 5.15. The second-order valence-electron chi connectivity index (χ2n) is 10.2. The summed E-state index contributed by atoms with van der Waals surface area (Å²) in [5.74, 6) is 0.868. The molecule has 0 radical (unpaired) electrons. The maximum Gasteiger partial charge on any atom is 0.129 e. The van der Waals surface area contributed by atoms with E-state index in [-0.39, 0.29) is 17.3 Å². The molecule has 0 aromatic heterocycles. The Hall–Kier alpha value is -4.49. The van der Waals surface area contributed by atoms with Crippen molar-refractivity contribution in [1.29, 1.82) is 0 Å². The Morgan fingerprint density at radius 1 is 0.300 bits per heavy atom. The van der Waals surface area contributed by atoms with E-state index in [1.807, 2.05) is 126 Å². The first-order valence-corrected chi connectivity index (χ1v) is 21.9. The Morgan fingerprint density at radius 2 is 0.417 bits per heavy atom. The Kier molecular flexibility index (Phi) is 100. The second kappa shape index (κ2) is 78.8. The predicted molar refractivity (Wildman–Crippen MR) is 272 cm³/mol. The smallest absolute Gasteiger partial charge is 0.129 e. The second-order valence-corrected chi connectivity index (χ2v) is 10.2. The van der Waals surface area contributed by atoms with Gasteiger partial charge in [0.1, 0.15) is 17.3 Å². The fourth-order valence-electron chi connectivity index (χ4n) is 3.71. The van der Waals surface area contributed by atoms with Crippen LogP contribution in [0.1, 0.15) is 149 Å². The summed E-state index contributed by atoms with van der Waals surface area (Å²) in [5, 5.41) is 26.2. The van der Waals surface area contributed by atoms with Crippen LogP contribution in [0.25, 0.3) is 21.5 Å². The van der Waals surface area contributed by atoms with Crippen LogP contribution in [0.15, 0.2) is 133 Å². The molecule has 0 heterocycles. The number of rotatable bonds is 6. The molecule has 5 aromatic carbocycles. The van der Waals surface area contributed by atoms with Gasteiger partial charge in [0.15, 0.2) is 0 Å². The summed E-state index contributed by atoms with van der Waals surface area (Å²) in [4.78, 5) is 30.1. The van der Waals surface area contributed by atoms with Crippen LogP contribution in [0.4, 0.5) is 0 Å². The molecule has 5 aromatic rings. The van der Waals surface area contributed by atoms with E-state index in [1.54, 1.807) is 20.8 Å². The van der Waals surface area contributed by atoms with Gasteiger partial charge in [0.25, 0.3) is 0 Å². The lowest BCUT2D eigenvalue weighted by Crippen LogP contribution is -1.84. The van der Waals surface area contributed by atoms with E-state index in [9.17, 15) is 14.4 Å². The van der Waals surface area contributed by atoms with Crippen molar-refractivity contribution in [1.82, 2.24) is 0 Å². The fourth-order valence-corrected chi connectivity index (χ4v) is 3.71. The molecule has 0 saturated carbocycles. The van der Waals surface area contributed by atoms with Crippen molar-refractivity contribution in [2.45, 2.75) is 149 Å². The maximum atomic E-state index is 10.0. The monoisotopic (exact) mass is 839 g/mol. The topological polar surface area (TPSA) is 112 Å². The molecule has 6 heteroatoms. The lowest BCUT2D eigenvalue weighted by atomic mass is 10.1. The van der Waals surface area contributed by atoms with Crippen LogP contribution < -0.4 is 0 Å². The van der Waals surface area contributed by atoms with Crippen LogP contribution in [-0.4, -0.2) is 54.0 Å². The summed E-state index contributed by atoms with van der Waals surface area (Å²) < 4.78 is 0. The van der Waals surface area contributed by atoms with Crippen molar-refractivity contribution < 1.29 is 29.7 Å². The molecule has 0 aliphatic rings. The molecule has 0 unspecified atom stereocenters. The SMILES string of the molecule is CC.CC.CC.CC.CC.CCCC(C)=O.CCCC(C)=O.CCCC(C)=O.CO.CO.CO.c1ccc2ccccc2c1.c1ccc2ccccc2c1.c1ccccc1. The third-order valence-electron chi connectivity index (χ3n) is 5.79. The molecule has 0 aliphatic heterocycles. The molecule has 60 heavy (non-hydrogen) atoms. The van der Waals surface area contributed by atoms with Gasteiger partial charge in [0.2, 0.25) is 0 Å². The van der Waals surface area contributed by atoms with Crippen LogP contribution in [0.3, 0.4) is 0 Å². The Morgan fingerprint density at radius 3 is 0.483 bits per heavy atom. The number of aliphatic hydroxyl groups is 3. The van der Waals surface area contributed by atoms with Crippen molar-refractivity contribution >= 4 is 38.9 Å². The highest BCUT2D eigenvalue weighted by molar-refractivity contribution is 5.82. The minimum Gasteiger partial charge on any atom is -0.400 e. The zero-order valence-corrected chi connectivity index (χ0v) is 42.0. The third-order valence-corrected chi connectivity index (χ3v) is 5.79. The van der Waals surface area contributed by atoms with Gasteiger partial charge in [-0.2, -0.15) is 0 Å². The van der Waals surface area contributed by atoms with E-state index in [4.69, 9.17) is 15.3 Å². The molecular weight excluding hydrogens is 745 g/mol. The average molecular weight is 839 g/mol. The quantitative estimate of drug-likeness (QED) is 0.157. The largest absolute Gasteiger partial charge is 0.400 e. The molecular formula is C54H94O6. The van der Waals surface area contributed by atoms with E-state index in [1.165, 1.54) is 21.5 Å². The Bertz CT molecular complexity index is 1170. The van der Waals surface area contributed by atoms with E-state index in [0.717, 1.165) is 59.9 Å². The fraction of sp³-hybridized carbons (Fsp3) is 0.463. The van der Waals surface area contributed by atoms with Gasteiger partial charge >= 0.3 is 0 Å². The number of hydrogen-bond acceptors (Lipinski definition) is 6. The van der Waals surface area contributed by atoms with Crippen LogP contribution >= 0.6 is 0 Å². The molecule has 0 atom stereocenters. The number of ketones is 3. The summed E-state index contributed by atoms with van der Waals surface area (Å²) in [6.45, 7) is 30.8. The van der Waals surface area contributed by atoms with Gasteiger partial charge in [-0.1, -0.05) is 223 Å². The number of benzene rings is 5. The highest BCUT2D eigenvalue weighted by Gasteiger charge is 1.87. The number of fused-ring (bicyclic) bond motifs is 2. The minimum atomic E-state index is 0.289. The third kappa shape index (κ3) is 68.2. The van der Waals surface area contributed by atoms with Gasteiger partial charge in [-0.3, -0.25) is 0 Å². The summed E-state index contributed by atoms with van der Waals surface area (Å²) in [6, 6.07) is 45.4. The number of hydrogen-bond donors (Lipinski definition) is 3. The van der Waals surface area contributed by atoms with Gasteiger partial charge in [0.05, 0.1) is 0 Å². The first-order valence-electron chi connectivity index (χ1n) is 21.9. The lowest BCUT2D eigenvalue weighted by molar-refractivity contribution is -0.117. The minimum absolute atomic E-state index is 0.289. The number of carbonyl (C=O) groups excluding carboxylic acids is 3. The highest BCUT2D eigenvalue weighted by atomic mass is 16.2. The summed E-state index contributed by atoms with van der Waals surface area (Å²) in [7, 11) is 3.00. The maximum absolute atomic E-state index is 10.0. The van der Waals surface area contributed by atoms with Gasteiger partial charge in [-0.05, 0) is 61.6 Å². The number of Topliss-reactive ketones (excluding diaryl/α,β-unsaturated/α-hetero) is 3. The first kappa shape index (κ1) is 76.2. The van der Waals surface area contributed by atoms with Gasteiger partial charge < -0.3 is 29.7 Å². The summed E-state index contributed by atoms with van der Waals surface area (Å²) in [5.41, 5.74) is 0. The highest BCUT2D eigenvalue weighted by Crippen LogP contribution is 2.12. The van der Waals surface area contributed by atoms with Gasteiger partial charge in [-0.15, -0.1) is 0 Å². The van der Waals surface area contributed by atoms with Crippen molar-refractivity contribution in [3.63, 3.8) is 0 Å². The molecule has 5 rings (SSSR count). The van der Waals surface area contributed by atoms with Crippen LogP contribution in [-0.2, 0) is 14.4 Å². The van der Waals surface area contributed by atoms with Crippen LogP contribution in [0.2, 0.25) is 0 Å². The van der Waals surface area contributed by atoms with Crippen molar-refractivity contribution in [3.05, 3.63) is 133 Å². The number of aliphatic hydroxyl groups excluding tert-OH is 3. The van der Waals surface area contributed by atoms with Crippen LogP contribution in [0.5, 0.6) is 0 Å². The van der Waals surface area contributed by atoms with Gasteiger partial charge in [0, 0.05) is 40.6 Å². The van der Waals surface area contributed by atoms with E-state index in [0.29, 0.717) is 0 Å². The normalized spacial score (nSPS) is 7.43. The summed E-state index contributed by atoms with van der Waals surface area (Å²) >= 11 is 0. The molecule has 0 spiro atoms. The zero-order valence-electron chi connectivity index (χ0n) is 42.0. The van der Waals surface area contributed by atoms with Gasteiger partial charge in [-0.25, -0.2) is 0 Å². The first-order chi connectivity index (χ1) is 29.2. The predicted octanol–water partition coefficient (Wildman–Crippen LogP) is 15.4. The van der Waals surface area contributed by atoms with Crippen molar-refractivity contribution in [3.8, 4) is 0 Å². The van der Waals surface area contributed by atoms with Crippen LogP contribution in [0, 0.1) is 0 Å². The van der Waals surface area contributed by atoms with Crippen molar-refractivity contribution in [2.24, 2.45) is 0 Å². The molecule has 346 valence electrons. The van der Waals surface area contributed by atoms with E-state index >= 15 is 0 Å². The molecule has 3 N–H and O–H groups in total. The van der Waals surface area contributed by atoms with E-state index in [2.05, 4.69) is 97.1 Å². The zero-order chi connectivity index (χ0) is 48.8. The molecule has 0 aliphatic carbocycles. The Balaban J connectivity index is -0.0000000704. The standard InChI is InChI=1S/2C10H8.C6H6.3C5H10O.5C2H6.3CH4O/c2*1-2-6-10-8-4-3-7-9(10)5-1;1-2-4-6-5-3-1;3*1-3-4-5(2)6;8*1-2/h2*1-8H;1-6H;3*3-4H2,1-2H3;5*1-2H3;3*2H,1H3. The van der Waals surface area contributed by atoms with E-state index < -0.39 is 0 Å².